The summed E-state index contributed by atoms with van der Waals surface area (Å²) in [6, 6.07) is 0. The molecule has 1 unspecified atom stereocenters. The van der Waals surface area contributed by atoms with Gasteiger partial charge in [-0.2, -0.15) is 4.37 Å². The van der Waals surface area contributed by atoms with Crippen LogP contribution in [0.4, 0.5) is 4.79 Å². The van der Waals surface area contributed by atoms with Crippen molar-refractivity contribution in [3.8, 4) is 5.88 Å². The van der Waals surface area contributed by atoms with Gasteiger partial charge in [0.05, 0.1) is 38.5 Å². The van der Waals surface area contributed by atoms with E-state index in [0.717, 1.165) is 43.6 Å². The van der Waals surface area contributed by atoms with Crippen molar-refractivity contribution >= 4 is 23.5 Å². The Kier molecular flexibility index (Phi) is 11.4. The third kappa shape index (κ3) is 7.93. The Morgan fingerprint density at radius 1 is 1.14 bits per heavy atom. The minimum atomic E-state index is -0.598. The molecule has 0 aliphatic carbocycles. The van der Waals surface area contributed by atoms with E-state index in [1.807, 2.05) is 6.92 Å². The number of carbonyl (C=O) groups is 1. The third-order valence-corrected chi connectivity index (χ3v) is 5.04. The van der Waals surface area contributed by atoms with E-state index in [0.29, 0.717) is 23.6 Å². The zero-order valence-corrected chi connectivity index (χ0v) is 18.7. The fraction of sp³-hybridized carbons (Fsp3) is 0.737. The van der Waals surface area contributed by atoms with Crippen LogP contribution < -0.4 is 17.1 Å². The summed E-state index contributed by atoms with van der Waals surface area (Å²) in [5.74, 6) is 0.625. The smallest absolute Gasteiger partial charge is 0.512 e. The van der Waals surface area contributed by atoms with E-state index in [2.05, 4.69) is 28.8 Å². The molecule has 160 valence electrons. The maximum Gasteiger partial charge on any atom is 0.512 e. The summed E-state index contributed by atoms with van der Waals surface area (Å²) >= 11 is 1.18. The highest BCUT2D eigenvalue weighted by Crippen LogP contribution is 2.30. The molecule has 1 atom stereocenters. The number of ether oxygens (including phenoxy) is 3. The lowest BCUT2D eigenvalue weighted by Crippen LogP contribution is -3.00. The van der Waals surface area contributed by atoms with E-state index < -0.39 is 6.16 Å². The van der Waals surface area contributed by atoms with Crippen LogP contribution in [0, 0.1) is 0 Å². The van der Waals surface area contributed by atoms with Crippen LogP contribution in [0.3, 0.4) is 0 Å². The lowest BCUT2D eigenvalue weighted by atomic mass is 10.1. The summed E-state index contributed by atoms with van der Waals surface area (Å²) in [4.78, 5) is 11.6. The molecule has 7 nitrogen and oxygen atoms in total. The lowest BCUT2D eigenvalue weighted by molar-refractivity contribution is -0.919. The maximum atomic E-state index is 11.6. The topological polar surface area (TPSA) is 70.5 Å². The van der Waals surface area contributed by atoms with Gasteiger partial charge in [-0.3, -0.25) is 4.48 Å². The van der Waals surface area contributed by atoms with Crippen LogP contribution in [0.15, 0.2) is 6.08 Å². The van der Waals surface area contributed by atoms with E-state index in [-0.39, 0.29) is 19.1 Å². The van der Waals surface area contributed by atoms with Gasteiger partial charge in [0.15, 0.2) is 0 Å². The number of quaternary nitrogens is 1. The first-order valence-corrected chi connectivity index (χ1v) is 10.6. The summed E-state index contributed by atoms with van der Waals surface area (Å²) in [6.07, 6.45) is 7.92. The molecule has 0 radical (unpaired) electrons. The van der Waals surface area contributed by atoms with Crippen LogP contribution in [0.1, 0.15) is 58.1 Å². The van der Waals surface area contributed by atoms with Crippen LogP contribution in [-0.2, 0) is 9.47 Å². The molecular formula is C19H32ClN3O4S. The number of carbonyl (C=O) groups excluding carboxylic acids is 1. The van der Waals surface area contributed by atoms with E-state index in [1.54, 1.807) is 0 Å². The van der Waals surface area contributed by atoms with Gasteiger partial charge in [-0.1, -0.05) is 39.2 Å². The van der Waals surface area contributed by atoms with Crippen molar-refractivity contribution in [2.45, 2.75) is 52.4 Å². The van der Waals surface area contributed by atoms with E-state index in [9.17, 15) is 4.79 Å². The molecular weight excluding hydrogens is 402 g/mol. The Balaban J connectivity index is 0.00000392. The van der Waals surface area contributed by atoms with Crippen molar-refractivity contribution in [2.75, 3.05) is 40.1 Å². The Hall–Kier alpha value is -1.38. The summed E-state index contributed by atoms with van der Waals surface area (Å²) in [5.41, 5.74) is 1.93. The normalized spacial score (nSPS) is 18.8. The number of halogens is 1. The molecule has 0 bridgehead atoms. The van der Waals surface area contributed by atoms with Crippen molar-refractivity contribution in [1.82, 2.24) is 8.75 Å². The van der Waals surface area contributed by atoms with Gasteiger partial charge in [0.2, 0.25) is 6.73 Å². The highest BCUT2D eigenvalue weighted by Gasteiger charge is 2.31. The molecule has 1 aliphatic rings. The summed E-state index contributed by atoms with van der Waals surface area (Å²) < 4.78 is 25.5. The van der Waals surface area contributed by atoms with Gasteiger partial charge in [0.1, 0.15) is 12.2 Å². The quantitative estimate of drug-likeness (QED) is 0.297. The fourth-order valence-electron chi connectivity index (χ4n) is 2.99. The number of hydrogen-bond acceptors (Lipinski definition) is 7. The van der Waals surface area contributed by atoms with Crippen molar-refractivity contribution in [1.29, 1.82) is 0 Å². The predicted molar refractivity (Wildman–Crippen MR) is 106 cm³/mol. The summed E-state index contributed by atoms with van der Waals surface area (Å²) in [6.45, 7) is 7.11. The second-order valence-corrected chi connectivity index (χ2v) is 7.75. The third-order valence-electron chi connectivity index (χ3n) is 4.53. The van der Waals surface area contributed by atoms with Crippen LogP contribution in [-0.4, -0.2) is 59.5 Å². The highest BCUT2D eigenvalue weighted by atomic mass is 35.5. The zero-order chi connectivity index (χ0) is 19.5. The number of nitrogens with zero attached hydrogens (tertiary/aromatic N) is 3. The Morgan fingerprint density at radius 2 is 1.96 bits per heavy atom. The van der Waals surface area contributed by atoms with Crippen molar-refractivity contribution in [3.63, 3.8) is 0 Å². The standard InChI is InChI=1S/C19H32N3O4S.ClH/c1-4-6-7-8-13-24-18-17(20-27-21-18)16-10-9-11-22(3,14-16)15-26-19(23)25-12-5-2;/h10H,4-9,11-15H2,1-3H3;1H/q+1;/p-1. The number of aromatic nitrogens is 2. The molecule has 2 heterocycles. The first-order chi connectivity index (χ1) is 13.1. The first-order valence-electron chi connectivity index (χ1n) is 9.86. The average Bonchev–Trinajstić information content (AvgIpc) is 3.13. The Bertz CT molecular complexity index is 626. The number of unbranched alkanes of at least 4 members (excludes halogenated alkanes) is 3. The summed E-state index contributed by atoms with van der Waals surface area (Å²) in [5, 5.41) is 0. The monoisotopic (exact) mass is 433 g/mol. The average molecular weight is 434 g/mol. The molecule has 1 aromatic heterocycles. The molecule has 0 N–H and O–H groups in total. The minimum Gasteiger partial charge on any atom is -1.00 e. The van der Waals surface area contributed by atoms with E-state index in [1.165, 1.54) is 31.0 Å². The minimum absolute atomic E-state index is 0. The molecule has 0 aromatic carbocycles. The van der Waals surface area contributed by atoms with Crippen molar-refractivity contribution < 1.29 is 35.9 Å². The lowest BCUT2D eigenvalue weighted by Gasteiger charge is -2.36. The molecule has 0 saturated carbocycles. The van der Waals surface area contributed by atoms with Gasteiger partial charge in [-0.25, -0.2) is 4.79 Å². The number of rotatable bonds is 11. The van der Waals surface area contributed by atoms with Crippen LogP contribution in [0.5, 0.6) is 5.88 Å². The van der Waals surface area contributed by atoms with Gasteiger partial charge in [-0.05, 0) is 12.8 Å². The largest absolute Gasteiger partial charge is 1.00 e. The van der Waals surface area contributed by atoms with Gasteiger partial charge < -0.3 is 26.6 Å². The second-order valence-electron chi connectivity index (χ2n) is 7.22. The molecule has 0 amide bonds. The summed E-state index contributed by atoms with van der Waals surface area (Å²) in [7, 11) is 2.07. The first kappa shape index (κ1) is 24.7. The fourth-order valence-corrected chi connectivity index (χ4v) is 3.52. The number of hydrogen-bond donors (Lipinski definition) is 0. The van der Waals surface area contributed by atoms with Crippen molar-refractivity contribution in [3.05, 3.63) is 11.8 Å². The Labute approximate surface area is 178 Å². The molecule has 28 heavy (non-hydrogen) atoms. The maximum absolute atomic E-state index is 11.6. The highest BCUT2D eigenvalue weighted by molar-refractivity contribution is 6.99. The van der Waals surface area contributed by atoms with E-state index >= 15 is 0 Å². The van der Waals surface area contributed by atoms with Gasteiger partial charge in [0.25, 0.3) is 5.88 Å². The van der Waals surface area contributed by atoms with Crippen LogP contribution in [0.2, 0.25) is 0 Å². The van der Waals surface area contributed by atoms with E-state index in [4.69, 9.17) is 14.2 Å². The number of likely N-dealkylation sites (N-methyl/N-ethyl adjacent to an activating group) is 1. The zero-order valence-electron chi connectivity index (χ0n) is 17.1. The van der Waals surface area contributed by atoms with Gasteiger partial charge in [-0.15, -0.1) is 4.37 Å². The molecule has 0 saturated heterocycles. The van der Waals surface area contributed by atoms with Crippen molar-refractivity contribution in [2.24, 2.45) is 0 Å². The Morgan fingerprint density at radius 3 is 2.71 bits per heavy atom. The van der Waals surface area contributed by atoms with Gasteiger partial charge in [0, 0.05) is 12.0 Å². The molecule has 9 heteroatoms. The van der Waals surface area contributed by atoms with Gasteiger partial charge >= 0.3 is 6.16 Å². The SMILES string of the molecule is CCCCCCOc1nsnc1C1=CCC[N+](C)(COC(=O)OCCC)C1.[Cl-]. The molecule has 1 aromatic rings. The molecule has 2 rings (SSSR count). The molecule has 1 aliphatic heterocycles. The van der Waals surface area contributed by atoms with Crippen LogP contribution in [0.25, 0.3) is 5.57 Å². The molecule has 0 fully saturated rings. The predicted octanol–water partition coefficient (Wildman–Crippen LogP) is 1.26. The molecule has 0 spiro atoms. The van der Waals surface area contributed by atoms with Crippen LogP contribution >= 0.6 is 11.7 Å². The second kappa shape index (κ2) is 13.0.